The van der Waals surface area contributed by atoms with Gasteiger partial charge < -0.3 is 5.11 Å². The Hall–Kier alpha value is -0.820. The highest BCUT2D eigenvalue weighted by atomic mass is 16.3. The van der Waals surface area contributed by atoms with Crippen molar-refractivity contribution in [1.29, 1.82) is 0 Å². The van der Waals surface area contributed by atoms with Crippen LogP contribution in [0.3, 0.4) is 0 Å². The van der Waals surface area contributed by atoms with Crippen molar-refractivity contribution in [3.8, 4) is 0 Å². The van der Waals surface area contributed by atoms with Gasteiger partial charge in [0.2, 0.25) is 0 Å². The maximum absolute atomic E-state index is 9.86. The van der Waals surface area contributed by atoms with Gasteiger partial charge in [0.1, 0.15) is 0 Å². The summed E-state index contributed by atoms with van der Waals surface area (Å²) in [6.45, 7) is 9.14. The van der Waals surface area contributed by atoms with Crippen molar-refractivity contribution in [1.82, 2.24) is 0 Å². The fourth-order valence-electron chi connectivity index (χ4n) is 4.89. The molecule has 0 heterocycles. The average Bonchev–Trinajstić information content (AvgIpc) is 2.76. The molecule has 1 nitrogen and oxygen atoms in total. The lowest BCUT2D eigenvalue weighted by atomic mass is 9.64. The van der Waals surface area contributed by atoms with E-state index in [2.05, 4.69) is 32.6 Å². The van der Waals surface area contributed by atoms with Crippen LogP contribution in [0.25, 0.3) is 0 Å². The summed E-state index contributed by atoms with van der Waals surface area (Å²) in [4.78, 5) is 0. The van der Waals surface area contributed by atoms with Crippen LogP contribution >= 0.6 is 0 Å². The van der Waals surface area contributed by atoms with Crippen LogP contribution in [0.5, 0.6) is 0 Å². The Labute approximate surface area is 129 Å². The molecular formula is C20H30O. The number of aliphatic hydroxyl groups is 1. The SMILES string of the molecule is C=C1CC[C@@H](O)C/C1=C/C=C1\CCC[C@]2(C)C(C)CCC12. The van der Waals surface area contributed by atoms with E-state index in [0.29, 0.717) is 5.41 Å². The molecule has 3 saturated carbocycles. The highest BCUT2D eigenvalue weighted by molar-refractivity contribution is 5.36. The molecule has 3 fully saturated rings. The summed E-state index contributed by atoms with van der Waals surface area (Å²) in [7, 11) is 0. The van der Waals surface area contributed by atoms with Crippen molar-refractivity contribution in [2.75, 3.05) is 0 Å². The highest BCUT2D eigenvalue weighted by Crippen LogP contribution is 2.57. The minimum atomic E-state index is -0.164. The molecule has 3 aliphatic carbocycles. The van der Waals surface area contributed by atoms with Crippen LogP contribution in [0.15, 0.2) is 35.5 Å². The molecule has 3 aliphatic rings. The van der Waals surface area contributed by atoms with Crippen LogP contribution in [0, 0.1) is 17.3 Å². The van der Waals surface area contributed by atoms with E-state index >= 15 is 0 Å². The fourth-order valence-corrected chi connectivity index (χ4v) is 4.89. The maximum atomic E-state index is 9.86. The minimum Gasteiger partial charge on any atom is -0.393 e. The van der Waals surface area contributed by atoms with Gasteiger partial charge >= 0.3 is 0 Å². The summed E-state index contributed by atoms with van der Waals surface area (Å²) < 4.78 is 0. The van der Waals surface area contributed by atoms with Gasteiger partial charge in [-0.1, -0.05) is 43.7 Å². The van der Waals surface area contributed by atoms with Gasteiger partial charge in [-0.05, 0) is 74.2 Å². The molecule has 0 aromatic heterocycles. The third-order valence-electron chi connectivity index (χ3n) is 6.63. The second kappa shape index (κ2) is 5.76. The molecule has 0 saturated heterocycles. The van der Waals surface area contributed by atoms with E-state index in [1.807, 2.05) is 0 Å². The Morgan fingerprint density at radius 1 is 1.19 bits per heavy atom. The van der Waals surface area contributed by atoms with Gasteiger partial charge in [-0.3, -0.25) is 0 Å². The Kier molecular flexibility index (Phi) is 4.14. The Morgan fingerprint density at radius 2 is 2.00 bits per heavy atom. The number of hydrogen-bond donors (Lipinski definition) is 1. The van der Waals surface area contributed by atoms with Gasteiger partial charge in [0, 0.05) is 0 Å². The van der Waals surface area contributed by atoms with Gasteiger partial charge in [0.05, 0.1) is 6.10 Å². The third-order valence-corrected chi connectivity index (χ3v) is 6.63. The lowest BCUT2D eigenvalue weighted by molar-refractivity contribution is 0.147. The van der Waals surface area contributed by atoms with E-state index in [9.17, 15) is 5.11 Å². The van der Waals surface area contributed by atoms with Crippen molar-refractivity contribution >= 4 is 0 Å². The van der Waals surface area contributed by atoms with Crippen molar-refractivity contribution in [3.63, 3.8) is 0 Å². The highest BCUT2D eigenvalue weighted by Gasteiger charge is 2.46. The van der Waals surface area contributed by atoms with Crippen LogP contribution < -0.4 is 0 Å². The summed E-state index contributed by atoms with van der Waals surface area (Å²) in [5.41, 5.74) is 4.70. The van der Waals surface area contributed by atoms with Crippen molar-refractivity contribution in [2.45, 2.75) is 71.3 Å². The van der Waals surface area contributed by atoms with E-state index < -0.39 is 0 Å². The molecule has 4 atom stereocenters. The lowest BCUT2D eigenvalue weighted by Crippen LogP contribution is -2.31. The standard InChI is InChI=1S/C20H30O/c1-14-6-10-18(21)13-17(14)9-8-16-5-4-12-20(3)15(2)7-11-19(16)20/h8-9,15,18-19,21H,1,4-7,10-13H2,2-3H3/b16-8+,17-9-/t15?,18-,19?,20-/m1/s1. The second-order valence-electron chi connectivity index (χ2n) is 7.82. The first-order valence-electron chi connectivity index (χ1n) is 8.76. The zero-order chi connectivity index (χ0) is 15.0. The first kappa shape index (κ1) is 15.1. The predicted molar refractivity (Wildman–Crippen MR) is 89.0 cm³/mol. The molecule has 0 radical (unpaired) electrons. The number of fused-ring (bicyclic) bond motifs is 1. The van der Waals surface area contributed by atoms with Crippen molar-refractivity contribution in [2.24, 2.45) is 17.3 Å². The molecule has 0 aromatic rings. The number of rotatable bonds is 1. The van der Waals surface area contributed by atoms with Crippen LogP contribution in [-0.4, -0.2) is 11.2 Å². The van der Waals surface area contributed by atoms with Crippen molar-refractivity contribution < 1.29 is 5.11 Å². The smallest absolute Gasteiger partial charge is 0.0583 e. The van der Waals surface area contributed by atoms with Gasteiger partial charge in [0.15, 0.2) is 0 Å². The molecule has 2 unspecified atom stereocenters. The van der Waals surface area contributed by atoms with E-state index in [1.165, 1.54) is 43.3 Å². The molecule has 0 spiro atoms. The molecular weight excluding hydrogens is 256 g/mol. The molecule has 21 heavy (non-hydrogen) atoms. The molecule has 3 rings (SSSR count). The maximum Gasteiger partial charge on any atom is 0.0583 e. The summed E-state index contributed by atoms with van der Waals surface area (Å²) in [5.74, 6) is 1.66. The Bertz CT molecular complexity index is 484. The van der Waals surface area contributed by atoms with Crippen LogP contribution in [-0.2, 0) is 0 Å². The van der Waals surface area contributed by atoms with E-state index in [1.54, 1.807) is 5.57 Å². The molecule has 0 bridgehead atoms. The van der Waals surface area contributed by atoms with Gasteiger partial charge in [-0.25, -0.2) is 0 Å². The Morgan fingerprint density at radius 3 is 2.81 bits per heavy atom. The summed E-state index contributed by atoms with van der Waals surface area (Å²) in [6.07, 6.45) is 13.9. The summed E-state index contributed by atoms with van der Waals surface area (Å²) >= 11 is 0. The number of allylic oxidation sites excluding steroid dienone is 4. The van der Waals surface area contributed by atoms with E-state index in [0.717, 1.165) is 31.1 Å². The molecule has 1 heteroatoms. The van der Waals surface area contributed by atoms with Gasteiger partial charge in [0.25, 0.3) is 0 Å². The zero-order valence-electron chi connectivity index (χ0n) is 13.7. The van der Waals surface area contributed by atoms with Crippen molar-refractivity contribution in [3.05, 3.63) is 35.5 Å². The number of hydrogen-bond acceptors (Lipinski definition) is 1. The normalized spacial score (nSPS) is 44.3. The van der Waals surface area contributed by atoms with Crippen LogP contribution in [0.1, 0.15) is 65.2 Å². The first-order chi connectivity index (χ1) is 10.0. The monoisotopic (exact) mass is 286 g/mol. The van der Waals surface area contributed by atoms with Crippen LogP contribution in [0.2, 0.25) is 0 Å². The molecule has 116 valence electrons. The third kappa shape index (κ3) is 2.77. The summed E-state index contributed by atoms with van der Waals surface area (Å²) in [5, 5.41) is 9.86. The fraction of sp³-hybridized carbons (Fsp3) is 0.700. The van der Waals surface area contributed by atoms with E-state index in [4.69, 9.17) is 0 Å². The molecule has 0 amide bonds. The average molecular weight is 286 g/mol. The van der Waals surface area contributed by atoms with Gasteiger partial charge in [-0.2, -0.15) is 0 Å². The minimum absolute atomic E-state index is 0.164. The lowest BCUT2D eigenvalue weighted by Gasteiger charge is -2.41. The molecule has 0 aromatic carbocycles. The van der Waals surface area contributed by atoms with Gasteiger partial charge in [-0.15, -0.1) is 0 Å². The first-order valence-corrected chi connectivity index (χ1v) is 8.76. The second-order valence-corrected chi connectivity index (χ2v) is 7.82. The number of aliphatic hydroxyl groups excluding tert-OH is 1. The van der Waals surface area contributed by atoms with E-state index in [-0.39, 0.29) is 6.10 Å². The zero-order valence-corrected chi connectivity index (χ0v) is 13.7. The molecule has 1 N–H and O–H groups in total. The topological polar surface area (TPSA) is 20.2 Å². The summed E-state index contributed by atoms with van der Waals surface area (Å²) in [6, 6.07) is 0. The predicted octanol–water partition coefficient (Wildman–Crippen LogP) is 5.18. The molecule has 0 aliphatic heterocycles. The quantitative estimate of drug-likeness (QED) is 0.704. The van der Waals surface area contributed by atoms with Crippen LogP contribution in [0.4, 0.5) is 0 Å². The Balaban J connectivity index is 1.81. The largest absolute Gasteiger partial charge is 0.393 e.